The van der Waals surface area contributed by atoms with Gasteiger partial charge < -0.3 is 4.90 Å². The predicted molar refractivity (Wildman–Crippen MR) is 112 cm³/mol. The minimum Gasteiger partial charge on any atom is -0.310 e. The minimum absolute atomic E-state index is 0.102. The molecule has 1 aliphatic heterocycles. The molecule has 7 heteroatoms. The van der Waals surface area contributed by atoms with Crippen LogP contribution >= 0.6 is 22.9 Å². The van der Waals surface area contributed by atoms with Crippen LogP contribution in [-0.4, -0.2) is 23.3 Å². The number of para-hydroxylation sites is 2. The van der Waals surface area contributed by atoms with Crippen LogP contribution in [0.1, 0.15) is 12.1 Å². The van der Waals surface area contributed by atoms with E-state index in [9.17, 15) is 9.59 Å². The van der Waals surface area contributed by atoms with Gasteiger partial charge in [-0.05, 0) is 31.2 Å². The number of anilines is 3. The van der Waals surface area contributed by atoms with E-state index in [2.05, 4.69) is 4.98 Å². The summed E-state index contributed by atoms with van der Waals surface area (Å²) in [6.07, 6.45) is 0.151. The lowest BCUT2D eigenvalue weighted by atomic mass is 10.1. The zero-order valence-corrected chi connectivity index (χ0v) is 16.8. The number of benzene rings is 2. The van der Waals surface area contributed by atoms with Gasteiger partial charge in [0.15, 0.2) is 5.13 Å². The van der Waals surface area contributed by atoms with Crippen LogP contribution in [0.15, 0.2) is 60.0 Å². The maximum Gasteiger partial charge on any atom is 0.238 e. The lowest BCUT2D eigenvalue weighted by Gasteiger charge is -2.23. The molecular formula is C21H18ClN3O2S. The second-order valence-electron chi connectivity index (χ2n) is 6.64. The molecule has 2 amide bonds. The van der Waals surface area contributed by atoms with E-state index in [1.807, 2.05) is 54.8 Å². The van der Waals surface area contributed by atoms with E-state index in [1.54, 1.807) is 21.9 Å². The van der Waals surface area contributed by atoms with Gasteiger partial charge in [-0.25, -0.2) is 4.98 Å². The van der Waals surface area contributed by atoms with Crippen LogP contribution in [0.2, 0.25) is 5.02 Å². The van der Waals surface area contributed by atoms with Crippen molar-refractivity contribution in [1.29, 1.82) is 0 Å². The zero-order valence-electron chi connectivity index (χ0n) is 15.2. The zero-order chi connectivity index (χ0) is 19.7. The molecule has 1 atom stereocenters. The lowest BCUT2D eigenvalue weighted by molar-refractivity contribution is -0.123. The standard InChI is InChI=1S/C21H18ClN3O2S/c1-14-13-28-21(23-14)25(16-7-3-2-4-8-16)20(27)15-11-19(26)24(12-15)18-10-6-5-9-17(18)22/h2-10,13,15H,11-12H2,1H3/t15-/m0/s1. The summed E-state index contributed by atoms with van der Waals surface area (Å²) < 4.78 is 0. The van der Waals surface area contributed by atoms with E-state index in [-0.39, 0.29) is 18.2 Å². The van der Waals surface area contributed by atoms with Crippen molar-refractivity contribution >= 4 is 51.3 Å². The van der Waals surface area contributed by atoms with Crippen LogP contribution in [0.25, 0.3) is 0 Å². The highest BCUT2D eigenvalue weighted by Gasteiger charge is 2.39. The van der Waals surface area contributed by atoms with E-state index in [0.29, 0.717) is 22.4 Å². The third-order valence-electron chi connectivity index (χ3n) is 4.65. The number of amides is 2. The molecule has 0 saturated carbocycles. The summed E-state index contributed by atoms with van der Waals surface area (Å²) >= 11 is 7.67. The third-order valence-corrected chi connectivity index (χ3v) is 5.91. The van der Waals surface area contributed by atoms with Crippen molar-refractivity contribution in [2.45, 2.75) is 13.3 Å². The highest BCUT2D eigenvalue weighted by Crippen LogP contribution is 2.35. The first-order valence-corrected chi connectivity index (χ1v) is 10.2. The van der Waals surface area contributed by atoms with Gasteiger partial charge in [0, 0.05) is 18.3 Å². The molecule has 28 heavy (non-hydrogen) atoms. The SMILES string of the molecule is Cc1csc(N(C(=O)[C@H]2CC(=O)N(c3ccccc3Cl)C2)c2ccccc2)n1. The van der Waals surface area contributed by atoms with Crippen molar-refractivity contribution in [2.75, 3.05) is 16.3 Å². The summed E-state index contributed by atoms with van der Waals surface area (Å²) in [5, 5.41) is 3.02. The molecule has 2 heterocycles. The Balaban J connectivity index is 1.65. The third kappa shape index (κ3) is 3.53. The second kappa shape index (κ2) is 7.73. The van der Waals surface area contributed by atoms with Gasteiger partial charge in [0.1, 0.15) is 0 Å². The average Bonchev–Trinajstić information content (AvgIpc) is 3.29. The van der Waals surface area contributed by atoms with Crippen molar-refractivity contribution in [2.24, 2.45) is 5.92 Å². The number of hydrogen-bond donors (Lipinski definition) is 0. The lowest BCUT2D eigenvalue weighted by Crippen LogP contribution is -2.34. The fourth-order valence-corrected chi connectivity index (χ4v) is 4.38. The second-order valence-corrected chi connectivity index (χ2v) is 7.88. The Kier molecular flexibility index (Phi) is 5.15. The van der Waals surface area contributed by atoms with Crippen LogP contribution in [0, 0.1) is 12.8 Å². The first-order chi connectivity index (χ1) is 13.5. The average molecular weight is 412 g/mol. The molecule has 1 aliphatic rings. The van der Waals surface area contributed by atoms with Crippen molar-refractivity contribution in [3.05, 3.63) is 70.7 Å². The van der Waals surface area contributed by atoms with E-state index >= 15 is 0 Å². The smallest absolute Gasteiger partial charge is 0.238 e. The van der Waals surface area contributed by atoms with Gasteiger partial charge in [-0.1, -0.05) is 41.9 Å². The summed E-state index contributed by atoms with van der Waals surface area (Å²) in [6, 6.07) is 16.6. The molecule has 1 saturated heterocycles. The summed E-state index contributed by atoms with van der Waals surface area (Å²) in [5.41, 5.74) is 2.24. The quantitative estimate of drug-likeness (QED) is 0.618. The molecule has 0 bridgehead atoms. The summed E-state index contributed by atoms with van der Waals surface area (Å²) in [5.74, 6) is -0.702. The fraction of sp³-hybridized carbons (Fsp3) is 0.190. The Morgan fingerprint density at radius 1 is 1.18 bits per heavy atom. The molecule has 142 valence electrons. The molecule has 4 rings (SSSR count). The van der Waals surface area contributed by atoms with Crippen LogP contribution in [0.5, 0.6) is 0 Å². The first kappa shape index (κ1) is 18.7. The van der Waals surface area contributed by atoms with Crippen LogP contribution in [0.4, 0.5) is 16.5 Å². The fourth-order valence-electron chi connectivity index (χ4n) is 3.31. The number of halogens is 1. The molecular weight excluding hydrogens is 394 g/mol. The molecule has 2 aromatic carbocycles. The molecule has 1 aromatic heterocycles. The van der Waals surface area contributed by atoms with Crippen molar-refractivity contribution in [3.8, 4) is 0 Å². The Morgan fingerprint density at radius 2 is 1.89 bits per heavy atom. The monoisotopic (exact) mass is 411 g/mol. The van der Waals surface area contributed by atoms with Gasteiger partial charge in [-0.3, -0.25) is 14.5 Å². The molecule has 1 fully saturated rings. The molecule has 5 nitrogen and oxygen atoms in total. The maximum atomic E-state index is 13.4. The number of hydrogen-bond acceptors (Lipinski definition) is 4. The molecule has 0 N–H and O–H groups in total. The number of carbonyl (C=O) groups is 2. The Hall–Kier alpha value is -2.70. The van der Waals surface area contributed by atoms with Gasteiger partial charge in [0.2, 0.25) is 11.8 Å². The van der Waals surface area contributed by atoms with Gasteiger partial charge in [-0.15, -0.1) is 11.3 Å². The van der Waals surface area contributed by atoms with Gasteiger partial charge in [-0.2, -0.15) is 0 Å². The minimum atomic E-state index is -0.465. The predicted octanol–water partition coefficient (Wildman–Crippen LogP) is 4.82. The molecule has 3 aromatic rings. The van der Waals surface area contributed by atoms with Gasteiger partial charge in [0.05, 0.1) is 28.0 Å². The van der Waals surface area contributed by atoms with Crippen LogP contribution in [-0.2, 0) is 9.59 Å². The van der Waals surface area contributed by atoms with E-state index in [1.165, 1.54) is 11.3 Å². The molecule has 0 unspecified atom stereocenters. The first-order valence-electron chi connectivity index (χ1n) is 8.90. The van der Waals surface area contributed by atoms with Gasteiger partial charge >= 0.3 is 0 Å². The number of nitrogens with zero attached hydrogens (tertiary/aromatic N) is 3. The van der Waals surface area contributed by atoms with E-state index < -0.39 is 5.92 Å². The highest BCUT2D eigenvalue weighted by molar-refractivity contribution is 7.14. The normalized spacial score (nSPS) is 16.4. The number of carbonyl (C=O) groups excluding carboxylic acids is 2. The molecule has 0 radical (unpaired) electrons. The van der Waals surface area contributed by atoms with Gasteiger partial charge in [0.25, 0.3) is 0 Å². The summed E-state index contributed by atoms with van der Waals surface area (Å²) in [4.78, 5) is 33.8. The van der Waals surface area contributed by atoms with Crippen molar-refractivity contribution < 1.29 is 9.59 Å². The van der Waals surface area contributed by atoms with Crippen molar-refractivity contribution in [3.63, 3.8) is 0 Å². The largest absolute Gasteiger partial charge is 0.310 e. The van der Waals surface area contributed by atoms with Crippen LogP contribution < -0.4 is 9.80 Å². The number of thiazole rings is 1. The number of rotatable bonds is 4. The summed E-state index contributed by atoms with van der Waals surface area (Å²) in [6.45, 7) is 2.20. The Bertz CT molecular complexity index is 1020. The topological polar surface area (TPSA) is 53.5 Å². The highest BCUT2D eigenvalue weighted by atomic mass is 35.5. The van der Waals surface area contributed by atoms with E-state index in [4.69, 9.17) is 11.6 Å². The number of aryl methyl sites for hydroxylation is 1. The Morgan fingerprint density at radius 3 is 2.57 bits per heavy atom. The molecule has 0 spiro atoms. The van der Waals surface area contributed by atoms with Crippen molar-refractivity contribution in [1.82, 2.24) is 4.98 Å². The number of aromatic nitrogens is 1. The molecule has 0 aliphatic carbocycles. The van der Waals surface area contributed by atoms with E-state index in [0.717, 1.165) is 11.4 Å². The Labute approximate surface area is 172 Å². The summed E-state index contributed by atoms with van der Waals surface area (Å²) in [7, 11) is 0. The van der Waals surface area contributed by atoms with Crippen LogP contribution in [0.3, 0.4) is 0 Å². The maximum absolute atomic E-state index is 13.4.